The van der Waals surface area contributed by atoms with Crippen molar-refractivity contribution in [3.8, 4) is 0 Å². The summed E-state index contributed by atoms with van der Waals surface area (Å²) in [6.07, 6.45) is 10.1. The van der Waals surface area contributed by atoms with Gasteiger partial charge in [0.05, 0.1) is 0 Å². The molecule has 0 N–H and O–H groups in total. The van der Waals surface area contributed by atoms with Crippen LogP contribution in [0.25, 0.3) is 0 Å². The van der Waals surface area contributed by atoms with E-state index in [2.05, 4.69) is 13.0 Å². The molecule has 3 saturated carbocycles. The van der Waals surface area contributed by atoms with Gasteiger partial charge in [-0.25, -0.2) is 4.39 Å². The molecule has 4 aliphatic carbocycles. The Bertz CT molecular complexity index is 528. The molecule has 2 nitrogen and oxygen atoms in total. The number of rotatable bonds is 1. The quantitative estimate of drug-likeness (QED) is 0.511. The number of allylic oxidation sites excluding steroid dienone is 2. The average molecular weight is 320 g/mol. The van der Waals surface area contributed by atoms with Crippen molar-refractivity contribution in [2.24, 2.45) is 29.1 Å². The fraction of sp³-hybridized carbons (Fsp3) is 0.850. The Morgan fingerprint density at radius 1 is 1.22 bits per heavy atom. The molecule has 6 unspecified atom stereocenters. The normalized spacial score (nSPS) is 48.7. The van der Waals surface area contributed by atoms with Gasteiger partial charge in [0.25, 0.3) is 0 Å². The highest BCUT2D eigenvalue weighted by Crippen LogP contribution is 2.62. The van der Waals surface area contributed by atoms with E-state index in [0.29, 0.717) is 18.3 Å². The van der Waals surface area contributed by atoms with E-state index in [0.717, 1.165) is 37.5 Å². The van der Waals surface area contributed by atoms with Crippen LogP contribution >= 0.6 is 0 Å². The van der Waals surface area contributed by atoms with E-state index >= 15 is 0 Å². The van der Waals surface area contributed by atoms with Gasteiger partial charge in [-0.2, -0.15) is 0 Å². The number of halogens is 1. The van der Waals surface area contributed by atoms with Crippen LogP contribution in [0.15, 0.2) is 11.6 Å². The summed E-state index contributed by atoms with van der Waals surface area (Å²) in [5, 5.41) is 0. The van der Waals surface area contributed by atoms with Crippen LogP contribution in [0.1, 0.15) is 65.2 Å². The average Bonchev–Trinajstić information content (AvgIpc) is 2.83. The Morgan fingerprint density at radius 2 is 2.04 bits per heavy atom. The zero-order valence-electron chi connectivity index (χ0n) is 14.4. The topological polar surface area (TPSA) is 26.3 Å². The lowest BCUT2D eigenvalue weighted by atomic mass is 9.53. The van der Waals surface area contributed by atoms with Crippen molar-refractivity contribution in [1.82, 2.24) is 0 Å². The summed E-state index contributed by atoms with van der Waals surface area (Å²) in [6, 6.07) is 0. The SMILES string of the molecule is CC(=O)O[C@H]1CCC2C3CC=C4CC(F)CCC4C3CCC21C. The highest BCUT2D eigenvalue weighted by molar-refractivity contribution is 5.66. The molecular weight excluding hydrogens is 291 g/mol. The summed E-state index contributed by atoms with van der Waals surface area (Å²) in [4.78, 5) is 11.5. The van der Waals surface area contributed by atoms with Crippen molar-refractivity contribution in [2.45, 2.75) is 77.5 Å². The molecule has 0 saturated heterocycles. The van der Waals surface area contributed by atoms with Crippen LogP contribution in [0, 0.1) is 29.1 Å². The van der Waals surface area contributed by atoms with Gasteiger partial charge in [-0.1, -0.05) is 18.6 Å². The first-order valence-corrected chi connectivity index (χ1v) is 9.49. The fourth-order valence-electron chi connectivity index (χ4n) is 6.57. The Hall–Kier alpha value is -0.860. The van der Waals surface area contributed by atoms with Crippen LogP contribution in [-0.4, -0.2) is 18.2 Å². The molecule has 0 aliphatic heterocycles. The van der Waals surface area contributed by atoms with E-state index in [-0.39, 0.29) is 17.5 Å². The summed E-state index contributed by atoms with van der Waals surface area (Å²) < 4.78 is 19.4. The monoisotopic (exact) mass is 320 g/mol. The van der Waals surface area contributed by atoms with Crippen LogP contribution in [0.4, 0.5) is 4.39 Å². The zero-order chi connectivity index (χ0) is 16.2. The van der Waals surface area contributed by atoms with Gasteiger partial charge < -0.3 is 4.74 Å². The lowest BCUT2D eigenvalue weighted by Gasteiger charge is -2.53. The van der Waals surface area contributed by atoms with E-state index in [9.17, 15) is 9.18 Å². The van der Waals surface area contributed by atoms with Crippen LogP contribution in [-0.2, 0) is 9.53 Å². The maximum absolute atomic E-state index is 13.7. The third kappa shape index (κ3) is 2.46. The van der Waals surface area contributed by atoms with E-state index < -0.39 is 6.17 Å². The lowest BCUT2D eigenvalue weighted by Crippen LogP contribution is -2.48. The standard InChI is InChI=1S/C20H29FO2/c1-12(22)23-19-8-7-18-17-5-3-13-11-14(21)4-6-15(13)16(17)9-10-20(18,19)2/h3,14-19H,4-11H2,1-2H3/t14?,15?,16?,17?,18?,19-,20?/m0/s1. The summed E-state index contributed by atoms with van der Waals surface area (Å²) in [5.41, 5.74) is 1.58. The Morgan fingerprint density at radius 3 is 2.83 bits per heavy atom. The first kappa shape index (κ1) is 15.7. The van der Waals surface area contributed by atoms with Gasteiger partial charge in [0.15, 0.2) is 0 Å². The van der Waals surface area contributed by atoms with E-state index in [4.69, 9.17) is 4.74 Å². The number of ether oxygens (including phenoxy) is 1. The van der Waals surface area contributed by atoms with Crippen molar-refractivity contribution >= 4 is 5.97 Å². The number of fused-ring (bicyclic) bond motifs is 5. The zero-order valence-corrected chi connectivity index (χ0v) is 14.4. The minimum absolute atomic E-state index is 0.109. The molecule has 0 aromatic rings. The smallest absolute Gasteiger partial charge is 0.302 e. The highest BCUT2D eigenvalue weighted by atomic mass is 19.1. The van der Waals surface area contributed by atoms with Crippen molar-refractivity contribution < 1.29 is 13.9 Å². The van der Waals surface area contributed by atoms with E-state index in [1.54, 1.807) is 0 Å². The maximum Gasteiger partial charge on any atom is 0.302 e. The molecular formula is C20H29FO2. The van der Waals surface area contributed by atoms with Crippen molar-refractivity contribution in [2.75, 3.05) is 0 Å². The van der Waals surface area contributed by atoms with E-state index in [1.807, 2.05) is 0 Å². The summed E-state index contributed by atoms with van der Waals surface area (Å²) >= 11 is 0. The van der Waals surface area contributed by atoms with Gasteiger partial charge in [-0.15, -0.1) is 0 Å². The third-order valence-electron chi connectivity index (χ3n) is 7.61. The van der Waals surface area contributed by atoms with Crippen LogP contribution in [0.5, 0.6) is 0 Å². The molecule has 0 spiro atoms. The van der Waals surface area contributed by atoms with Gasteiger partial charge >= 0.3 is 5.97 Å². The predicted molar refractivity (Wildman–Crippen MR) is 87.5 cm³/mol. The Kier molecular flexibility index (Phi) is 3.81. The second kappa shape index (κ2) is 5.60. The summed E-state index contributed by atoms with van der Waals surface area (Å²) in [7, 11) is 0. The summed E-state index contributed by atoms with van der Waals surface area (Å²) in [5.74, 6) is 2.64. The van der Waals surface area contributed by atoms with Gasteiger partial charge in [0.2, 0.25) is 0 Å². The predicted octanol–water partition coefficient (Wildman–Crippen LogP) is 4.83. The molecule has 128 valence electrons. The molecule has 4 rings (SSSR count). The van der Waals surface area contributed by atoms with Crippen LogP contribution in [0.2, 0.25) is 0 Å². The molecule has 0 amide bonds. The number of hydrogen-bond acceptors (Lipinski definition) is 2. The molecule has 0 aromatic heterocycles. The largest absolute Gasteiger partial charge is 0.462 e. The molecule has 0 aromatic carbocycles. The number of alkyl halides is 1. The fourth-order valence-corrected chi connectivity index (χ4v) is 6.57. The van der Waals surface area contributed by atoms with Crippen molar-refractivity contribution in [3.63, 3.8) is 0 Å². The molecule has 4 aliphatic rings. The number of carbonyl (C=O) groups excluding carboxylic acids is 1. The van der Waals surface area contributed by atoms with Crippen LogP contribution < -0.4 is 0 Å². The lowest BCUT2D eigenvalue weighted by molar-refractivity contribution is -0.155. The minimum Gasteiger partial charge on any atom is -0.462 e. The third-order valence-corrected chi connectivity index (χ3v) is 7.61. The summed E-state index contributed by atoms with van der Waals surface area (Å²) in [6.45, 7) is 3.89. The molecule has 0 bridgehead atoms. The van der Waals surface area contributed by atoms with Gasteiger partial charge in [-0.3, -0.25) is 4.79 Å². The molecule has 3 fully saturated rings. The Balaban J connectivity index is 1.57. The van der Waals surface area contributed by atoms with Crippen LogP contribution in [0.3, 0.4) is 0 Å². The van der Waals surface area contributed by atoms with Gasteiger partial charge in [0, 0.05) is 12.3 Å². The van der Waals surface area contributed by atoms with Gasteiger partial charge in [-0.05, 0) is 75.0 Å². The molecule has 0 heterocycles. The molecule has 7 atom stereocenters. The first-order chi connectivity index (χ1) is 11.0. The van der Waals surface area contributed by atoms with Crippen molar-refractivity contribution in [1.29, 1.82) is 0 Å². The molecule has 23 heavy (non-hydrogen) atoms. The second-order valence-corrected chi connectivity index (χ2v) is 8.65. The Labute approximate surface area is 138 Å². The number of hydrogen-bond donors (Lipinski definition) is 0. The number of esters is 1. The maximum atomic E-state index is 13.7. The van der Waals surface area contributed by atoms with Crippen molar-refractivity contribution in [3.05, 3.63) is 11.6 Å². The number of carbonyl (C=O) groups is 1. The minimum atomic E-state index is -0.609. The van der Waals surface area contributed by atoms with Gasteiger partial charge in [0.1, 0.15) is 12.3 Å². The first-order valence-electron chi connectivity index (χ1n) is 9.49. The molecule has 3 heteroatoms. The molecule has 0 radical (unpaired) electrons. The second-order valence-electron chi connectivity index (χ2n) is 8.65. The van der Waals surface area contributed by atoms with E-state index in [1.165, 1.54) is 31.8 Å². The highest BCUT2D eigenvalue weighted by Gasteiger charge is 2.57.